The number of carbonyl (C=O) groups is 4. The molecule has 13 nitrogen and oxygen atoms in total. The number of carbonyl (C=O) groups excluding carboxylic acids is 4. The number of ether oxygens (including phenoxy) is 9. The third-order valence-corrected chi connectivity index (χ3v) is 5.17. The molecule has 0 bridgehead atoms. The van der Waals surface area contributed by atoms with E-state index in [0.717, 1.165) is 14.2 Å². The van der Waals surface area contributed by atoms with Crippen molar-refractivity contribution >= 4 is 23.9 Å². The zero-order chi connectivity index (χ0) is 28.2. The van der Waals surface area contributed by atoms with Crippen LogP contribution in [0.25, 0.3) is 0 Å². The summed E-state index contributed by atoms with van der Waals surface area (Å²) in [5, 5.41) is 0. The minimum Gasteiger partial charge on any atom is -0.466 e. The molecule has 38 heavy (non-hydrogen) atoms. The fourth-order valence-corrected chi connectivity index (χ4v) is 3.24. The molecule has 0 aliphatic carbocycles. The van der Waals surface area contributed by atoms with E-state index in [9.17, 15) is 19.2 Å². The van der Waals surface area contributed by atoms with Crippen LogP contribution in [0.1, 0.15) is 12.8 Å². The molecule has 0 aromatic carbocycles. The first-order valence-electron chi connectivity index (χ1n) is 12.0. The molecule has 0 unspecified atom stereocenters. The molecule has 0 aromatic heterocycles. The second-order valence-corrected chi connectivity index (χ2v) is 7.96. The largest absolute Gasteiger partial charge is 0.466 e. The van der Waals surface area contributed by atoms with Gasteiger partial charge in [0.25, 0.3) is 0 Å². The van der Waals surface area contributed by atoms with Crippen molar-refractivity contribution in [1.82, 2.24) is 0 Å². The summed E-state index contributed by atoms with van der Waals surface area (Å²) in [5.74, 6) is -3.84. The predicted molar refractivity (Wildman–Crippen MR) is 130 cm³/mol. The Labute approximate surface area is 222 Å². The van der Waals surface area contributed by atoms with E-state index in [1.54, 1.807) is 0 Å². The Morgan fingerprint density at radius 3 is 1.13 bits per heavy atom. The van der Waals surface area contributed by atoms with Gasteiger partial charge in [-0.1, -0.05) is 13.2 Å². The quantitative estimate of drug-likeness (QED) is 0.196. The summed E-state index contributed by atoms with van der Waals surface area (Å²) in [6.45, 7) is 9.36. The average Bonchev–Trinajstić information content (AvgIpc) is 2.91. The van der Waals surface area contributed by atoms with Gasteiger partial charge in [0.2, 0.25) is 0 Å². The Kier molecular flexibility index (Phi) is 16.8. The van der Waals surface area contributed by atoms with Gasteiger partial charge >= 0.3 is 23.9 Å². The monoisotopic (exact) mass is 546 g/mol. The van der Waals surface area contributed by atoms with Crippen LogP contribution in [0, 0.1) is 5.41 Å². The topological polar surface area (TPSA) is 151 Å². The van der Waals surface area contributed by atoms with Crippen molar-refractivity contribution in [3.8, 4) is 0 Å². The number of cyclic esters (lactones) is 2. The molecule has 0 N–H and O–H groups in total. The van der Waals surface area contributed by atoms with Crippen LogP contribution in [-0.2, 0) is 61.8 Å². The van der Waals surface area contributed by atoms with Crippen LogP contribution in [0.15, 0.2) is 24.3 Å². The van der Waals surface area contributed by atoms with Crippen LogP contribution < -0.4 is 0 Å². The molecule has 0 atom stereocenters. The summed E-state index contributed by atoms with van der Waals surface area (Å²) in [6.07, 6.45) is -1.11. The lowest BCUT2D eigenvalue weighted by Crippen LogP contribution is -2.44. The zero-order valence-electron chi connectivity index (χ0n) is 22.1. The molecule has 1 fully saturated rings. The zero-order valence-corrected chi connectivity index (χ0v) is 22.1. The molecular weight excluding hydrogens is 508 g/mol. The number of hydrogen-bond acceptors (Lipinski definition) is 13. The highest BCUT2D eigenvalue weighted by Crippen LogP contribution is 2.37. The number of esters is 4. The Morgan fingerprint density at radius 1 is 0.605 bits per heavy atom. The molecule has 13 heteroatoms. The number of methoxy groups -OCH3 is 2. The summed E-state index contributed by atoms with van der Waals surface area (Å²) in [4.78, 5) is 50.9. The Hall–Kier alpha value is -2.84. The summed E-state index contributed by atoms with van der Waals surface area (Å²) >= 11 is 0. The molecule has 216 valence electrons. The van der Waals surface area contributed by atoms with Crippen molar-refractivity contribution in [2.75, 3.05) is 93.5 Å². The van der Waals surface area contributed by atoms with Gasteiger partial charge in [0.15, 0.2) is 5.41 Å². The molecule has 0 amide bonds. The maximum Gasteiger partial charge on any atom is 0.333 e. The molecule has 0 saturated carbocycles. The van der Waals surface area contributed by atoms with Crippen molar-refractivity contribution in [2.45, 2.75) is 12.8 Å². The molecule has 0 radical (unpaired) electrons. The second-order valence-electron chi connectivity index (χ2n) is 7.96. The van der Waals surface area contributed by atoms with E-state index in [4.69, 9.17) is 33.2 Å². The Morgan fingerprint density at radius 2 is 0.868 bits per heavy atom. The SMILES string of the molecule is C=C(CC1(CC(=C)C(=O)OC)C(=O)OCCOCCOCCOCCOCCOCCOC1=O)C(=O)OC. The van der Waals surface area contributed by atoms with E-state index in [0.29, 0.717) is 39.6 Å². The van der Waals surface area contributed by atoms with Crippen LogP contribution >= 0.6 is 0 Å². The van der Waals surface area contributed by atoms with E-state index >= 15 is 0 Å². The van der Waals surface area contributed by atoms with Crippen LogP contribution in [0.2, 0.25) is 0 Å². The van der Waals surface area contributed by atoms with E-state index in [1.807, 2.05) is 0 Å². The number of rotatable bonds is 6. The first-order chi connectivity index (χ1) is 18.3. The Balaban J connectivity index is 3.09. The van der Waals surface area contributed by atoms with Crippen molar-refractivity contribution in [2.24, 2.45) is 5.41 Å². The minimum absolute atomic E-state index is 0.00218. The first kappa shape index (κ1) is 33.2. The summed E-state index contributed by atoms with van der Waals surface area (Å²) in [7, 11) is 2.24. The van der Waals surface area contributed by atoms with E-state index in [2.05, 4.69) is 22.6 Å². The maximum absolute atomic E-state index is 13.3. The third-order valence-electron chi connectivity index (χ3n) is 5.17. The molecule has 1 aliphatic heterocycles. The predicted octanol–water partition coefficient (Wildman–Crippen LogP) is 0.394. The van der Waals surface area contributed by atoms with Crippen molar-refractivity contribution in [3.05, 3.63) is 24.3 Å². The lowest BCUT2D eigenvalue weighted by molar-refractivity contribution is -0.174. The first-order valence-corrected chi connectivity index (χ1v) is 12.0. The smallest absolute Gasteiger partial charge is 0.333 e. The molecule has 1 aliphatic rings. The van der Waals surface area contributed by atoms with Gasteiger partial charge in [0, 0.05) is 24.0 Å². The standard InChI is InChI=1S/C25H38O13/c1-19(21(26)30-3)17-25(18-20(2)22(27)31-4)23(28)37-15-13-35-11-9-33-7-5-32-6-8-34-10-12-36-14-16-38-24(25)29/h1-2,5-18H2,3-4H3. The summed E-state index contributed by atoms with van der Waals surface area (Å²) in [5.41, 5.74) is -2.61. The minimum atomic E-state index is -2.18. The van der Waals surface area contributed by atoms with E-state index < -0.39 is 42.1 Å². The molecule has 1 saturated heterocycles. The van der Waals surface area contributed by atoms with Crippen LogP contribution in [-0.4, -0.2) is 117 Å². The molecule has 0 spiro atoms. The van der Waals surface area contributed by atoms with Gasteiger partial charge in [-0.3, -0.25) is 9.59 Å². The highest BCUT2D eigenvalue weighted by atomic mass is 16.6. The van der Waals surface area contributed by atoms with Crippen molar-refractivity contribution in [3.63, 3.8) is 0 Å². The van der Waals surface area contributed by atoms with Gasteiger partial charge in [0.05, 0.1) is 80.3 Å². The molecular formula is C25H38O13. The van der Waals surface area contributed by atoms with E-state index in [-0.39, 0.29) is 50.8 Å². The second kappa shape index (κ2) is 19.3. The maximum atomic E-state index is 13.3. The number of hydrogen-bond donors (Lipinski definition) is 0. The average molecular weight is 547 g/mol. The molecule has 0 aromatic rings. The highest BCUT2D eigenvalue weighted by molar-refractivity contribution is 6.04. The summed E-state index contributed by atoms with van der Waals surface area (Å²) in [6, 6.07) is 0. The molecule has 1 rings (SSSR count). The van der Waals surface area contributed by atoms with Gasteiger partial charge in [0.1, 0.15) is 13.2 Å². The van der Waals surface area contributed by atoms with Crippen LogP contribution in [0.4, 0.5) is 0 Å². The fraction of sp³-hybridized carbons (Fsp3) is 0.680. The highest BCUT2D eigenvalue weighted by Gasteiger charge is 2.51. The van der Waals surface area contributed by atoms with Crippen LogP contribution in [0.5, 0.6) is 0 Å². The van der Waals surface area contributed by atoms with Gasteiger partial charge in [-0.15, -0.1) is 0 Å². The third kappa shape index (κ3) is 12.1. The molecule has 1 heterocycles. The van der Waals surface area contributed by atoms with E-state index in [1.165, 1.54) is 0 Å². The lowest BCUT2D eigenvalue weighted by Gasteiger charge is -2.30. The van der Waals surface area contributed by atoms with Gasteiger partial charge < -0.3 is 42.6 Å². The van der Waals surface area contributed by atoms with Gasteiger partial charge in [-0.2, -0.15) is 0 Å². The Bertz CT molecular complexity index is 728. The summed E-state index contributed by atoms with van der Waals surface area (Å²) < 4.78 is 46.9. The van der Waals surface area contributed by atoms with Crippen LogP contribution in [0.3, 0.4) is 0 Å². The normalized spacial score (nSPS) is 19.4. The van der Waals surface area contributed by atoms with Crippen molar-refractivity contribution in [1.29, 1.82) is 0 Å². The fourth-order valence-electron chi connectivity index (χ4n) is 3.24. The van der Waals surface area contributed by atoms with Crippen molar-refractivity contribution < 1.29 is 61.8 Å². The van der Waals surface area contributed by atoms with Gasteiger partial charge in [-0.05, 0) is 0 Å². The van der Waals surface area contributed by atoms with Gasteiger partial charge in [-0.25, -0.2) is 9.59 Å². The lowest BCUT2D eigenvalue weighted by atomic mass is 9.76.